The van der Waals surface area contributed by atoms with Crippen LogP contribution in [0.1, 0.15) is 26.7 Å². The summed E-state index contributed by atoms with van der Waals surface area (Å²) in [6, 6.07) is -0.853. The van der Waals surface area contributed by atoms with Crippen molar-refractivity contribution >= 4 is 6.09 Å². The van der Waals surface area contributed by atoms with Crippen molar-refractivity contribution in [2.24, 2.45) is 0 Å². The SMILES string of the molecule is CCOC(=O)NC(COCC(O)C(O)CO)C(O)CC(O)CC. The monoisotopic (exact) mass is 339 g/mol. The minimum atomic E-state index is -1.33. The molecular formula is C14H29NO8. The molecule has 0 saturated carbocycles. The highest BCUT2D eigenvalue weighted by atomic mass is 16.5. The fourth-order valence-electron chi connectivity index (χ4n) is 1.73. The largest absolute Gasteiger partial charge is 0.450 e. The van der Waals surface area contributed by atoms with Crippen LogP contribution in [0, 0.1) is 0 Å². The average Bonchev–Trinajstić information content (AvgIpc) is 2.52. The van der Waals surface area contributed by atoms with Crippen LogP contribution in [-0.2, 0) is 9.47 Å². The van der Waals surface area contributed by atoms with Gasteiger partial charge in [0.25, 0.3) is 0 Å². The van der Waals surface area contributed by atoms with Crippen LogP contribution in [-0.4, -0.2) is 88.5 Å². The van der Waals surface area contributed by atoms with Crippen molar-refractivity contribution in [3.63, 3.8) is 0 Å². The molecule has 0 spiro atoms. The smallest absolute Gasteiger partial charge is 0.407 e. The zero-order valence-corrected chi connectivity index (χ0v) is 13.6. The van der Waals surface area contributed by atoms with E-state index in [0.29, 0.717) is 6.42 Å². The summed E-state index contributed by atoms with van der Waals surface area (Å²) < 4.78 is 9.90. The third-order valence-electron chi connectivity index (χ3n) is 3.25. The summed E-state index contributed by atoms with van der Waals surface area (Å²) in [6.07, 6.45) is -4.67. The van der Waals surface area contributed by atoms with E-state index in [1.54, 1.807) is 13.8 Å². The highest BCUT2D eigenvalue weighted by Crippen LogP contribution is 2.08. The van der Waals surface area contributed by atoms with Crippen molar-refractivity contribution in [2.45, 2.75) is 57.1 Å². The molecule has 0 aromatic heterocycles. The number of aliphatic hydroxyl groups excluding tert-OH is 5. The molecular weight excluding hydrogens is 310 g/mol. The maximum Gasteiger partial charge on any atom is 0.407 e. The second-order valence-electron chi connectivity index (χ2n) is 5.19. The number of hydrogen-bond acceptors (Lipinski definition) is 8. The number of amides is 1. The quantitative estimate of drug-likeness (QED) is 0.248. The van der Waals surface area contributed by atoms with Crippen molar-refractivity contribution in [2.75, 3.05) is 26.4 Å². The number of carbonyl (C=O) groups excluding carboxylic acids is 1. The van der Waals surface area contributed by atoms with Gasteiger partial charge in [-0.3, -0.25) is 0 Å². The lowest BCUT2D eigenvalue weighted by molar-refractivity contribution is -0.0657. The number of hydrogen-bond donors (Lipinski definition) is 6. The third-order valence-corrected chi connectivity index (χ3v) is 3.25. The van der Waals surface area contributed by atoms with E-state index in [9.17, 15) is 25.2 Å². The van der Waals surface area contributed by atoms with Gasteiger partial charge >= 0.3 is 6.09 Å². The zero-order chi connectivity index (χ0) is 17.8. The Labute approximate surface area is 135 Å². The van der Waals surface area contributed by atoms with Crippen LogP contribution in [0.3, 0.4) is 0 Å². The molecule has 0 rings (SSSR count). The van der Waals surface area contributed by atoms with Crippen molar-refractivity contribution < 1.29 is 39.8 Å². The molecule has 0 heterocycles. The molecule has 0 aromatic carbocycles. The van der Waals surface area contributed by atoms with Gasteiger partial charge < -0.3 is 40.3 Å². The van der Waals surface area contributed by atoms with Gasteiger partial charge in [0.15, 0.2) is 0 Å². The lowest BCUT2D eigenvalue weighted by Gasteiger charge is -2.26. The molecule has 0 fully saturated rings. The summed E-state index contributed by atoms with van der Waals surface area (Å²) in [5, 5.41) is 49.5. The van der Waals surface area contributed by atoms with Gasteiger partial charge in [0.2, 0.25) is 0 Å². The predicted octanol–water partition coefficient (Wildman–Crippen LogP) is -1.65. The van der Waals surface area contributed by atoms with Crippen molar-refractivity contribution in [3.8, 4) is 0 Å². The third kappa shape index (κ3) is 9.69. The fourth-order valence-corrected chi connectivity index (χ4v) is 1.73. The van der Waals surface area contributed by atoms with Crippen molar-refractivity contribution in [1.29, 1.82) is 0 Å². The molecule has 0 aliphatic rings. The molecule has 5 atom stereocenters. The van der Waals surface area contributed by atoms with Gasteiger partial charge in [0, 0.05) is 6.42 Å². The first kappa shape index (κ1) is 22.0. The number of carbonyl (C=O) groups is 1. The van der Waals surface area contributed by atoms with Crippen LogP contribution in [0.5, 0.6) is 0 Å². The summed E-state index contributed by atoms with van der Waals surface area (Å²) in [4.78, 5) is 11.5. The maximum atomic E-state index is 11.5. The molecule has 1 amide bonds. The Morgan fingerprint density at radius 3 is 2.22 bits per heavy atom. The second-order valence-corrected chi connectivity index (χ2v) is 5.19. The second kappa shape index (κ2) is 12.5. The van der Waals surface area contributed by atoms with Gasteiger partial charge in [0.05, 0.1) is 44.7 Å². The minimum Gasteiger partial charge on any atom is -0.450 e. The highest BCUT2D eigenvalue weighted by molar-refractivity contribution is 5.67. The molecule has 6 N–H and O–H groups in total. The lowest BCUT2D eigenvalue weighted by atomic mass is 10.0. The Kier molecular flexibility index (Phi) is 11.9. The van der Waals surface area contributed by atoms with Crippen molar-refractivity contribution in [3.05, 3.63) is 0 Å². The molecule has 23 heavy (non-hydrogen) atoms. The van der Waals surface area contributed by atoms with Crippen LogP contribution in [0.4, 0.5) is 4.79 Å². The Bertz CT molecular complexity index is 317. The summed E-state index contributed by atoms with van der Waals surface area (Å²) >= 11 is 0. The molecule has 0 aromatic rings. The van der Waals surface area contributed by atoms with Crippen LogP contribution in [0.15, 0.2) is 0 Å². The van der Waals surface area contributed by atoms with Crippen molar-refractivity contribution in [1.82, 2.24) is 5.32 Å². The van der Waals surface area contributed by atoms with E-state index in [-0.39, 0.29) is 26.2 Å². The molecule has 0 saturated heterocycles. The van der Waals surface area contributed by atoms with E-state index in [4.69, 9.17) is 14.6 Å². The van der Waals surface area contributed by atoms with Crippen LogP contribution >= 0.6 is 0 Å². The van der Waals surface area contributed by atoms with Gasteiger partial charge in [-0.1, -0.05) is 6.92 Å². The molecule has 0 aliphatic carbocycles. The Morgan fingerprint density at radius 2 is 1.70 bits per heavy atom. The van der Waals surface area contributed by atoms with Crippen LogP contribution in [0.2, 0.25) is 0 Å². The molecule has 9 heteroatoms. The highest BCUT2D eigenvalue weighted by Gasteiger charge is 2.25. The van der Waals surface area contributed by atoms with E-state index in [2.05, 4.69) is 5.32 Å². The lowest BCUT2D eigenvalue weighted by Crippen LogP contribution is -2.48. The van der Waals surface area contributed by atoms with Crippen LogP contribution in [0.25, 0.3) is 0 Å². The zero-order valence-electron chi connectivity index (χ0n) is 13.6. The van der Waals surface area contributed by atoms with E-state index < -0.39 is 43.2 Å². The van der Waals surface area contributed by atoms with Crippen LogP contribution < -0.4 is 5.32 Å². The number of aliphatic hydroxyl groups is 5. The molecule has 9 nitrogen and oxygen atoms in total. The number of rotatable bonds is 12. The molecule has 0 radical (unpaired) electrons. The topological polar surface area (TPSA) is 149 Å². The Balaban J connectivity index is 4.49. The number of ether oxygens (including phenoxy) is 2. The van der Waals surface area contributed by atoms with Gasteiger partial charge in [-0.05, 0) is 13.3 Å². The molecule has 0 aliphatic heterocycles. The minimum absolute atomic E-state index is 0.0404. The summed E-state index contributed by atoms with van der Waals surface area (Å²) in [7, 11) is 0. The molecule has 5 unspecified atom stereocenters. The summed E-state index contributed by atoms with van der Waals surface area (Å²) in [5.41, 5.74) is 0. The van der Waals surface area contributed by atoms with Gasteiger partial charge in [-0.25, -0.2) is 4.79 Å². The van der Waals surface area contributed by atoms with E-state index >= 15 is 0 Å². The van der Waals surface area contributed by atoms with Gasteiger partial charge in [0.1, 0.15) is 12.2 Å². The van der Waals surface area contributed by atoms with E-state index in [0.717, 1.165) is 0 Å². The first-order valence-electron chi connectivity index (χ1n) is 7.69. The number of alkyl carbamates (subject to hydrolysis) is 1. The van der Waals surface area contributed by atoms with Gasteiger partial charge in [-0.15, -0.1) is 0 Å². The maximum absolute atomic E-state index is 11.5. The number of nitrogens with one attached hydrogen (secondary N) is 1. The summed E-state index contributed by atoms with van der Waals surface area (Å²) in [5.74, 6) is 0. The van der Waals surface area contributed by atoms with E-state index in [1.807, 2.05) is 0 Å². The van der Waals surface area contributed by atoms with Gasteiger partial charge in [-0.2, -0.15) is 0 Å². The Hall–Kier alpha value is -0.970. The first-order valence-corrected chi connectivity index (χ1v) is 7.69. The molecule has 138 valence electrons. The van der Waals surface area contributed by atoms with E-state index in [1.165, 1.54) is 0 Å². The normalized spacial score (nSPS) is 17.9. The predicted molar refractivity (Wildman–Crippen MR) is 80.8 cm³/mol. The standard InChI is InChI=1S/C14H29NO8/c1-3-9(17)5-11(18)10(15-14(21)23-4-2)7-22-8-13(20)12(19)6-16/h9-13,16-20H,3-8H2,1-2H3,(H,15,21). The fraction of sp³-hybridized carbons (Fsp3) is 0.929. The summed E-state index contributed by atoms with van der Waals surface area (Å²) in [6.45, 7) is 2.50. The Morgan fingerprint density at radius 1 is 1.04 bits per heavy atom. The molecule has 0 bridgehead atoms. The average molecular weight is 339 g/mol. The first-order chi connectivity index (χ1) is 10.8.